The molecule has 0 atom stereocenters. The fraction of sp³-hybridized carbons (Fsp3) is 0.0909. The standard InChI is InChI=1S/C22H18N6/c23-13-21-22(26-10-9-25-21)27-14-19-3-1-2-4-20(19)18-7-5-17(6-8-18)15-28-12-11-24-16-28/h1-12,16H,14-15H2,(H,26,27). The van der Waals surface area contributed by atoms with Crippen LogP contribution in [0.4, 0.5) is 5.82 Å². The summed E-state index contributed by atoms with van der Waals surface area (Å²) in [5.41, 5.74) is 4.93. The Morgan fingerprint density at radius 2 is 1.79 bits per heavy atom. The lowest BCUT2D eigenvalue weighted by Crippen LogP contribution is -2.05. The third kappa shape index (κ3) is 3.89. The van der Waals surface area contributed by atoms with Gasteiger partial charge in [-0.25, -0.2) is 15.0 Å². The monoisotopic (exact) mass is 366 g/mol. The second-order valence-electron chi connectivity index (χ2n) is 6.31. The normalized spacial score (nSPS) is 10.4. The van der Waals surface area contributed by atoms with Crippen LogP contribution in [0.5, 0.6) is 0 Å². The number of anilines is 1. The number of hydrogen-bond donors (Lipinski definition) is 1. The van der Waals surface area contributed by atoms with Gasteiger partial charge in [0.25, 0.3) is 0 Å². The van der Waals surface area contributed by atoms with Crippen molar-refractivity contribution < 1.29 is 0 Å². The molecule has 0 unspecified atom stereocenters. The zero-order valence-corrected chi connectivity index (χ0v) is 15.2. The van der Waals surface area contributed by atoms with Gasteiger partial charge in [-0.05, 0) is 22.3 Å². The van der Waals surface area contributed by atoms with Gasteiger partial charge in [-0.15, -0.1) is 0 Å². The van der Waals surface area contributed by atoms with Gasteiger partial charge in [0.15, 0.2) is 11.5 Å². The van der Waals surface area contributed by atoms with Gasteiger partial charge >= 0.3 is 0 Å². The molecule has 2 aromatic carbocycles. The molecule has 2 heterocycles. The minimum atomic E-state index is 0.295. The maximum absolute atomic E-state index is 9.17. The molecule has 0 saturated heterocycles. The summed E-state index contributed by atoms with van der Waals surface area (Å²) in [6.07, 6.45) is 8.65. The van der Waals surface area contributed by atoms with E-state index in [0.717, 1.165) is 23.2 Å². The lowest BCUT2D eigenvalue weighted by atomic mass is 9.98. The SMILES string of the molecule is N#Cc1nccnc1NCc1ccccc1-c1ccc(Cn2ccnc2)cc1. The summed E-state index contributed by atoms with van der Waals surface area (Å²) >= 11 is 0. The zero-order chi connectivity index (χ0) is 19.2. The zero-order valence-electron chi connectivity index (χ0n) is 15.2. The summed E-state index contributed by atoms with van der Waals surface area (Å²) in [6, 6.07) is 18.8. The first-order valence-corrected chi connectivity index (χ1v) is 8.91. The van der Waals surface area contributed by atoms with Crippen molar-refractivity contribution in [1.82, 2.24) is 19.5 Å². The highest BCUT2D eigenvalue weighted by Crippen LogP contribution is 2.25. The number of nitrogens with zero attached hydrogens (tertiary/aromatic N) is 5. The Kier molecular flexibility index (Phi) is 5.07. The molecule has 0 bridgehead atoms. The second-order valence-corrected chi connectivity index (χ2v) is 6.31. The molecule has 2 aromatic heterocycles. The minimum absolute atomic E-state index is 0.295. The molecule has 0 saturated carbocycles. The highest BCUT2D eigenvalue weighted by molar-refractivity contribution is 5.68. The van der Waals surface area contributed by atoms with Crippen LogP contribution in [-0.2, 0) is 13.1 Å². The number of nitriles is 1. The van der Waals surface area contributed by atoms with Crippen LogP contribution >= 0.6 is 0 Å². The maximum Gasteiger partial charge on any atom is 0.182 e. The van der Waals surface area contributed by atoms with E-state index >= 15 is 0 Å². The fourth-order valence-electron chi connectivity index (χ4n) is 3.07. The van der Waals surface area contributed by atoms with Crippen LogP contribution in [0.2, 0.25) is 0 Å². The molecule has 0 aliphatic heterocycles. The smallest absolute Gasteiger partial charge is 0.182 e. The summed E-state index contributed by atoms with van der Waals surface area (Å²) in [5, 5.41) is 12.4. The average Bonchev–Trinajstić information content (AvgIpc) is 3.26. The number of hydrogen-bond acceptors (Lipinski definition) is 5. The average molecular weight is 366 g/mol. The number of imidazole rings is 1. The Bertz CT molecular complexity index is 1090. The summed E-state index contributed by atoms with van der Waals surface area (Å²) in [5.74, 6) is 0.496. The van der Waals surface area contributed by atoms with Crippen molar-refractivity contribution in [3.05, 3.63) is 96.5 Å². The molecule has 0 spiro atoms. The molecule has 0 radical (unpaired) electrons. The second kappa shape index (κ2) is 8.14. The maximum atomic E-state index is 9.17. The van der Waals surface area contributed by atoms with Gasteiger partial charge in [0.2, 0.25) is 0 Å². The highest BCUT2D eigenvalue weighted by Gasteiger charge is 2.08. The Balaban J connectivity index is 1.53. The third-order valence-electron chi connectivity index (χ3n) is 4.46. The molecule has 136 valence electrons. The van der Waals surface area contributed by atoms with Crippen molar-refractivity contribution in [3.63, 3.8) is 0 Å². The molecule has 4 aromatic rings. The summed E-state index contributed by atoms with van der Waals surface area (Å²) < 4.78 is 2.04. The number of benzene rings is 2. The van der Waals surface area contributed by atoms with Crippen molar-refractivity contribution in [2.24, 2.45) is 0 Å². The molecule has 28 heavy (non-hydrogen) atoms. The van der Waals surface area contributed by atoms with Gasteiger partial charge in [-0.3, -0.25) is 0 Å². The Morgan fingerprint density at radius 3 is 2.57 bits per heavy atom. The molecule has 0 amide bonds. The molecule has 1 N–H and O–H groups in total. The predicted molar refractivity (Wildman–Crippen MR) is 107 cm³/mol. The van der Waals surface area contributed by atoms with Crippen LogP contribution in [0.25, 0.3) is 11.1 Å². The van der Waals surface area contributed by atoms with Crippen LogP contribution < -0.4 is 5.32 Å². The van der Waals surface area contributed by atoms with E-state index < -0.39 is 0 Å². The first-order valence-electron chi connectivity index (χ1n) is 8.91. The predicted octanol–water partition coefficient (Wildman–Crippen LogP) is 3.87. The molecule has 4 rings (SSSR count). The van der Waals surface area contributed by atoms with E-state index in [0.29, 0.717) is 18.1 Å². The van der Waals surface area contributed by atoms with Gasteiger partial charge in [0.1, 0.15) is 6.07 Å². The van der Waals surface area contributed by atoms with Gasteiger partial charge < -0.3 is 9.88 Å². The topological polar surface area (TPSA) is 79.4 Å². The van der Waals surface area contributed by atoms with E-state index in [1.54, 1.807) is 12.4 Å². The number of nitrogens with one attached hydrogen (secondary N) is 1. The van der Waals surface area contributed by atoms with E-state index in [-0.39, 0.29) is 0 Å². The first kappa shape index (κ1) is 17.4. The lowest BCUT2D eigenvalue weighted by Gasteiger charge is -2.12. The Labute approximate surface area is 163 Å². The van der Waals surface area contributed by atoms with Crippen LogP contribution in [0, 0.1) is 11.3 Å². The van der Waals surface area contributed by atoms with Crippen LogP contribution in [-0.4, -0.2) is 19.5 Å². The largest absolute Gasteiger partial charge is 0.364 e. The molecule has 0 aliphatic rings. The van der Waals surface area contributed by atoms with Gasteiger partial charge in [0.05, 0.1) is 6.33 Å². The van der Waals surface area contributed by atoms with Gasteiger partial charge in [0, 0.05) is 37.9 Å². The quantitative estimate of drug-likeness (QED) is 0.560. The Morgan fingerprint density at radius 1 is 0.964 bits per heavy atom. The van der Waals surface area contributed by atoms with Crippen molar-refractivity contribution in [2.75, 3.05) is 5.32 Å². The van der Waals surface area contributed by atoms with Crippen molar-refractivity contribution in [1.29, 1.82) is 5.26 Å². The van der Waals surface area contributed by atoms with E-state index in [1.165, 1.54) is 11.8 Å². The highest BCUT2D eigenvalue weighted by atomic mass is 15.0. The fourth-order valence-corrected chi connectivity index (χ4v) is 3.07. The molecule has 0 fully saturated rings. The first-order chi connectivity index (χ1) is 13.8. The lowest BCUT2D eigenvalue weighted by molar-refractivity contribution is 0.797. The van der Waals surface area contributed by atoms with Crippen LogP contribution in [0.15, 0.2) is 79.6 Å². The summed E-state index contributed by atoms with van der Waals surface area (Å²) in [7, 11) is 0. The molecule has 6 heteroatoms. The van der Waals surface area contributed by atoms with Crippen LogP contribution in [0.3, 0.4) is 0 Å². The van der Waals surface area contributed by atoms with Crippen molar-refractivity contribution in [2.45, 2.75) is 13.1 Å². The number of rotatable bonds is 6. The van der Waals surface area contributed by atoms with Gasteiger partial charge in [-0.2, -0.15) is 5.26 Å². The molecular formula is C22H18N6. The molecule has 0 aliphatic carbocycles. The van der Waals surface area contributed by atoms with Crippen molar-refractivity contribution >= 4 is 5.82 Å². The summed E-state index contributed by atoms with van der Waals surface area (Å²) in [4.78, 5) is 12.3. The van der Waals surface area contributed by atoms with E-state index in [4.69, 9.17) is 5.26 Å². The molecule has 6 nitrogen and oxygen atoms in total. The van der Waals surface area contributed by atoms with E-state index in [9.17, 15) is 0 Å². The van der Waals surface area contributed by atoms with E-state index in [1.807, 2.05) is 29.2 Å². The van der Waals surface area contributed by atoms with Crippen LogP contribution in [0.1, 0.15) is 16.8 Å². The Hall–Kier alpha value is -3.98. The van der Waals surface area contributed by atoms with Crippen molar-refractivity contribution in [3.8, 4) is 17.2 Å². The minimum Gasteiger partial charge on any atom is -0.364 e. The van der Waals surface area contributed by atoms with Gasteiger partial charge in [-0.1, -0.05) is 48.5 Å². The summed E-state index contributed by atoms with van der Waals surface area (Å²) in [6.45, 7) is 1.35. The number of aromatic nitrogens is 4. The molecular weight excluding hydrogens is 348 g/mol. The van der Waals surface area contributed by atoms with E-state index in [2.05, 4.69) is 62.7 Å². The third-order valence-corrected chi connectivity index (χ3v) is 4.46.